The Morgan fingerprint density at radius 1 is 1.20 bits per heavy atom. The van der Waals surface area contributed by atoms with Gasteiger partial charge in [0.15, 0.2) is 5.69 Å². The van der Waals surface area contributed by atoms with Gasteiger partial charge in [0.1, 0.15) is 11.6 Å². The van der Waals surface area contributed by atoms with Gasteiger partial charge in [-0.15, -0.1) is 0 Å². The average Bonchev–Trinajstić information content (AvgIpc) is 2.49. The van der Waals surface area contributed by atoms with E-state index in [9.17, 15) is 18.3 Å². The lowest BCUT2D eigenvalue weighted by Crippen LogP contribution is -2.22. The van der Waals surface area contributed by atoms with Gasteiger partial charge in [-0.25, -0.2) is 4.98 Å². The minimum Gasteiger partial charge on any atom is -0.506 e. The molecule has 0 unspecified atom stereocenters. The number of phenols is 1. The standard InChI is InChI=1S/C15H17ClF3N5O/c1-24(2)6-5-20-14-22-12(15(17,18)19)8-13(23-14)21-10-7-9(16)3-4-11(10)25/h3-4,7-8,25H,5-6H2,1-2H3,(H2,20,21,22,23). The molecule has 0 bridgehead atoms. The van der Waals surface area contributed by atoms with Crippen molar-refractivity contribution in [2.75, 3.05) is 37.8 Å². The van der Waals surface area contributed by atoms with Crippen LogP contribution in [0.25, 0.3) is 0 Å². The lowest BCUT2D eigenvalue weighted by molar-refractivity contribution is -0.141. The second-order valence-corrected chi connectivity index (χ2v) is 5.91. The first-order valence-electron chi connectivity index (χ1n) is 7.25. The van der Waals surface area contributed by atoms with Gasteiger partial charge in [0.05, 0.1) is 5.69 Å². The molecule has 25 heavy (non-hydrogen) atoms. The van der Waals surface area contributed by atoms with Crippen molar-refractivity contribution in [2.24, 2.45) is 0 Å². The number of alkyl halides is 3. The van der Waals surface area contributed by atoms with Crippen molar-refractivity contribution in [1.82, 2.24) is 14.9 Å². The van der Waals surface area contributed by atoms with Crippen LogP contribution in [0.15, 0.2) is 24.3 Å². The first-order chi connectivity index (χ1) is 11.6. The monoisotopic (exact) mass is 375 g/mol. The van der Waals surface area contributed by atoms with Crippen molar-refractivity contribution in [3.05, 3.63) is 35.0 Å². The number of aromatic hydroxyl groups is 1. The average molecular weight is 376 g/mol. The number of benzene rings is 1. The van der Waals surface area contributed by atoms with Crippen LogP contribution in [0.4, 0.5) is 30.6 Å². The van der Waals surface area contributed by atoms with Crippen molar-refractivity contribution in [3.8, 4) is 5.75 Å². The number of rotatable bonds is 6. The summed E-state index contributed by atoms with van der Waals surface area (Å²) < 4.78 is 39.2. The maximum Gasteiger partial charge on any atom is 0.433 e. The number of halogens is 4. The van der Waals surface area contributed by atoms with Gasteiger partial charge in [0.25, 0.3) is 0 Å². The molecule has 0 radical (unpaired) electrons. The summed E-state index contributed by atoms with van der Waals surface area (Å²) in [6.07, 6.45) is -4.63. The number of hydrogen-bond acceptors (Lipinski definition) is 6. The molecule has 1 aromatic carbocycles. The Labute approximate surface area is 147 Å². The molecule has 0 saturated heterocycles. The van der Waals surface area contributed by atoms with Gasteiger partial charge in [-0.1, -0.05) is 11.6 Å². The lowest BCUT2D eigenvalue weighted by atomic mass is 10.3. The van der Waals surface area contributed by atoms with Crippen LogP contribution in [0.2, 0.25) is 5.02 Å². The van der Waals surface area contributed by atoms with E-state index in [0.29, 0.717) is 18.1 Å². The molecule has 0 aliphatic rings. The third-order valence-corrected chi connectivity index (χ3v) is 3.32. The zero-order chi connectivity index (χ0) is 18.6. The Kier molecular flexibility index (Phi) is 5.91. The van der Waals surface area contributed by atoms with Crippen molar-refractivity contribution >= 4 is 29.1 Å². The van der Waals surface area contributed by atoms with Crippen LogP contribution in [0.3, 0.4) is 0 Å². The smallest absolute Gasteiger partial charge is 0.433 e. The number of nitrogens with zero attached hydrogens (tertiary/aromatic N) is 3. The predicted molar refractivity (Wildman–Crippen MR) is 90.5 cm³/mol. The summed E-state index contributed by atoms with van der Waals surface area (Å²) in [6.45, 7) is 0.966. The highest BCUT2D eigenvalue weighted by atomic mass is 35.5. The summed E-state index contributed by atoms with van der Waals surface area (Å²) in [6, 6.07) is 4.92. The molecular weight excluding hydrogens is 359 g/mol. The van der Waals surface area contributed by atoms with Gasteiger partial charge >= 0.3 is 6.18 Å². The van der Waals surface area contributed by atoms with Gasteiger partial charge in [0, 0.05) is 24.2 Å². The van der Waals surface area contributed by atoms with Crippen LogP contribution in [0, 0.1) is 0 Å². The third-order valence-electron chi connectivity index (χ3n) is 3.08. The van der Waals surface area contributed by atoms with E-state index in [2.05, 4.69) is 20.6 Å². The molecule has 1 aromatic heterocycles. The van der Waals surface area contributed by atoms with E-state index in [1.165, 1.54) is 18.2 Å². The largest absolute Gasteiger partial charge is 0.506 e. The zero-order valence-electron chi connectivity index (χ0n) is 13.5. The second kappa shape index (κ2) is 7.75. The molecule has 1 heterocycles. The summed E-state index contributed by atoms with van der Waals surface area (Å²) in [5.74, 6) is -0.452. The van der Waals surface area contributed by atoms with Gasteiger partial charge in [-0.2, -0.15) is 18.2 Å². The molecule has 3 N–H and O–H groups in total. The minimum atomic E-state index is -4.63. The molecule has 136 valence electrons. The van der Waals surface area contributed by atoms with Crippen LogP contribution >= 0.6 is 11.6 Å². The Balaban J connectivity index is 2.30. The van der Waals surface area contributed by atoms with Gasteiger partial charge < -0.3 is 20.6 Å². The highest BCUT2D eigenvalue weighted by molar-refractivity contribution is 6.30. The van der Waals surface area contributed by atoms with Crippen LogP contribution in [-0.4, -0.2) is 47.2 Å². The van der Waals surface area contributed by atoms with E-state index in [-0.39, 0.29) is 23.2 Å². The van der Waals surface area contributed by atoms with Gasteiger partial charge in [-0.3, -0.25) is 0 Å². The Hall–Kier alpha value is -2.26. The van der Waals surface area contributed by atoms with E-state index in [1.807, 2.05) is 19.0 Å². The van der Waals surface area contributed by atoms with Crippen molar-refractivity contribution in [1.29, 1.82) is 0 Å². The van der Waals surface area contributed by atoms with Crippen LogP contribution in [0.1, 0.15) is 5.69 Å². The molecule has 0 amide bonds. The number of hydrogen-bond donors (Lipinski definition) is 3. The van der Waals surface area contributed by atoms with E-state index < -0.39 is 11.9 Å². The predicted octanol–water partition coefficient (Wildman–Crippen LogP) is 3.57. The summed E-state index contributed by atoms with van der Waals surface area (Å²) >= 11 is 5.84. The molecule has 0 aliphatic carbocycles. The molecule has 2 aromatic rings. The SMILES string of the molecule is CN(C)CCNc1nc(Nc2cc(Cl)ccc2O)cc(C(F)(F)F)n1. The van der Waals surface area contributed by atoms with Crippen LogP contribution in [0.5, 0.6) is 5.75 Å². The fourth-order valence-corrected chi connectivity index (χ4v) is 2.05. The number of likely N-dealkylation sites (N-methyl/N-ethyl adjacent to an activating group) is 1. The maximum atomic E-state index is 13.1. The van der Waals surface area contributed by atoms with E-state index >= 15 is 0 Å². The normalized spacial score (nSPS) is 11.6. The second-order valence-electron chi connectivity index (χ2n) is 5.48. The molecule has 0 atom stereocenters. The lowest BCUT2D eigenvalue weighted by Gasteiger charge is -2.14. The first kappa shape index (κ1) is 19.1. The fraction of sp³-hybridized carbons (Fsp3) is 0.333. The highest BCUT2D eigenvalue weighted by Gasteiger charge is 2.33. The third kappa shape index (κ3) is 5.64. The van der Waals surface area contributed by atoms with Crippen molar-refractivity contribution in [2.45, 2.75) is 6.18 Å². The number of aromatic nitrogens is 2. The Morgan fingerprint density at radius 2 is 1.92 bits per heavy atom. The number of nitrogens with one attached hydrogen (secondary N) is 2. The van der Waals surface area contributed by atoms with Crippen molar-refractivity contribution < 1.29 is 18.3 Å². The molecule has 0 fully saturated rings. The maximum absolute atomic E-state index is 13.1. The molecule has 2 rings (SSSR count). The summed E-state index contributed by atoms with van der Waals surface area (Å²) in [7, 11) is 3.67. The minimum absolute atomic E-state index is 0.118. The van der Waals surface area contributed by atoms with E-state index in [1.54, 1.807) is 0 Å². The first-order valence-corrected chi connectivity index (χ1v) is 7.63. The molecule has 0 spiro atoms. The van der Waals surface area contributed by atoms with E-state index in [0.717, 1.165) is 6.07 Å². The quantitative estimate of drug-likeness (QED) is 0.670. The van der Waals surface area contributed by atoms with Gasteiger partial charge in [-0.05, 0) is 32.3 Å². The number of phenolic OH excluding ortho intramolecular Hbond substituents is 1. The molecular formula is C15H17ClF3N5O. The highest BCUT2D eigenvalue weighted by Crippen LogP contribution is 2.33. The molecule has 6 nitrogen and oxygen atoms in total. The summed E-state index contributed by atoms with van der Waals surface area (Å²) in [5.41, 5.74) is -0.961. The Bertz CT molecular complexity index is 740. The molecule has 0 aliphatic heterocycles. The summed E-state index contributed by atoms with van der Waals surface area (Å²) in [5, 5.41) is 15.5. The van der Waals surface area contributed by atoms with E-state index in [4.69, 9.17) is 11.6 Å². The summed E-state index contributed by atoms with van der Waals surface area (Å²) in [4.78, 5) is 9.36. The van der Waals surface area contributed by atoms with Gasteiger partial charge in [0.2, 0.25) is 5.95 Å². The van der Waals surface area contributed by atoms with Crippen molar-refractivity contribution in [3.63, 3.8) is 0 Å². The number of anilines is 3. The fourth-order valence-electron chi connectivity index (χ4n) is 1.87. The Morgan fingerprint density at radius 3 is 2.56 bits per heavy atom. The van der Waals surface area contributed by atoms with Crippen LogP contribution in [-0.2, 0) is 6.18 Å². The van der Waals surface area contributed by atoms with Crippen LogP contribution < -0.4 is 10.6 Å². The molecule has 0 saturated carbocycles. The topological polar surface area (TPSA) is 73.3 Å². The molecule has 10 heteroatoms. The zero-order valence-corrected chi connectivity index (χ0v) is 14.3.